The van der Waals surface area contributed by atoms with Crippen LogP contribution in [0, 0.1) is 0 Å². The van der Waals surface area contributed by atoms with Crippen molar-refractivity contribution in [1.29, 1.82) is 0 Å². The van der Waals surface area contributed by atoms with E-state index in [1.807, 2.05) is 28.9 Å². The monoisotopic (exact) mass is 324 g/mol. The van der Waals surface area contributed by atoms with Crippen molar-refractivity contribution in [3.63, 3.8) is 0 Å². The van der Waals surface area contributed by atoms with Crippen LogP contribution in [0.25, 0.3) is 17.0 Å². The average molecular weight is 324 g/mol. The van der Waals surface area contributed by atoms with Gasteiger partial charge in [-0.2, -0.15) is 0 Å². The molecule has 1 aliphatic rings. The van der Waals surface area contributed by atoms with Gasteiger partial charge in [0.15, 0.2) is 0 Å². The van der Waals surface area contributed by atoms with Gasteiger partial charge in [0.2, 0.25) is 0 Å². The number of rotatable bonds is 4. The predicted molar refractivity (Wildman–Crippen MR) is 92.3 cm³/mol. The molecule has 1 atom stereocenters. The van der Waals surface area contributed by atoms with E-state index in [1.54, 1.807) is 19.5 Å². The Hall–Kier alpha value is -2.67. The van der Waals surface area contributed by atoms with E-state index < -0.39 is 0 Å². The first-order chi connectivity index (χ1) is 11.8. The molecule has 0 saturated carbocycles. The number of piperidine rings is 1. The summed E-state index contributed by atoms with van der Waals surface area (Å²) in [6.45, 7) is 2.05. The number of nitrogens with zero attached hydrogens (tertiary/aromatic N) is 4. The fourth-order valence-corrected chi connectivity index (χ4v) is 3.01. The zero-order chi connectivity index (χ0) is 16.4. The zero-order valence-electron chi connectivity index (χ0n) is 13.6. The number of fused-ring (bicyclic) bond motifs is 1. The van der Waals surface area contributed by atoms with E-state index in [4.69, 9.17) is 9.72 Å². The maximum atomic E-state index is 5.30. The van der Waals surface area contributed by atoms with E-state index in [9.17, 15) is 0 Å². The van der Waals surface area contributed by atoms with Crippen molar-refractivity contribution >= 4 is 11.5 Å². The van der Waals surface area contributed by atoms with Crippen LogP contribution in [0.5, 0.6) is 5.75 Å². The second-order valence-corrected chi connectivity index (χ2v) is 5.92. The van der Waals surface area contributed by atoms with E-state index in [-0.39, 0.29) is 0 Å². The first kappa shape index (κ1) is 14.9. The van der Waals surface area contributed by atoms with Crippen LogP contribution in [0.1, 0.15) is 12.8 Å². The molecule has 3 aromatic rings. The molecule has 0 amide bonds. The molecule has 1 aliphatic heterocycles. The van der Waals surface area contributed by atoms with Crippen molar-refractivity contribution in [2.24, 2.45) is 0 Å². The maximum Gasteiger partial charge on any atom is 0.145 e. The van der Waals surface area contributed by atoms with E-state index >= 15 is 0 Å². The van der Waals surface area contributed by atoms with Crippen LogP contribution in [-0.4, -0.2) is 45.6 Å². The van der Waals surface area contributed by atoms with E-state index in [0.717, 1.165) is 48.1 Å². The van der Waals surface area contributed by atoms with Gasteiger partial charge in [-0.3, -0.25) is 9.38 Å². The fraction of sp³-hybridized carbons (Fsp3) is 0.353. The summed E-state index contributed by atoms with van der Waals surface area (Å²) in [6, 6.07) is 4.21. The summed E-state index contributed by atoms with van der Waals surface area (Å²) in [5, 5.41) is 6.86. The number of hydrogen-bond acceptors (Lipinski definition) is 6. The van der Waals surface area contributed by atoms with Crippen molar-refractivity contribution in [3.8, 4) is 17.1 Å². The van der Waals surface area contributed by atoms with Gasteiger partial charge >= 0.3 is 0 Å². The number of methoxy groups -OCH3 is 1. The Morgan fingerprint density at radius 2 is 2.25 bits per heavy atom. The summed E-state index contributed by atoms with van der Waals surface area (Å²) in [5.74, 6) is 1.57. The number of ether oxygens (including phenoxy) is 1. The van der Waals surface area contributed by atoms with Crippen LogP contribution in [0.15, 0.2) is 36.9 Å². The summed E-state index contributed by atoms with van der Waals surface area (Å²) in [6.07, 6.45) is 9.56. The van der Waals surface area contributed by atoms with Gasteiger partial charge in [0, 0.05) is 12.6 Å². The Kier molecular flexibility index (Phi) is 4.00. The molecule has 1 saturated heterocycles. The lowest BCUT2D eigenvalue weighted by atomic mass is 10.1. The molecule has 24 heavy (non-hydrogen) atoms. The van der Waals surface area contributed by atoms with Crippen molar-refractivity contribution in [1.82, 2.24) is 24.7 Å². The molecular weight excluding hydrogens is 304 g/mol. The minimum Gasteiger partial charge on any atom is -0.495 e. The van der Waals surface area contributed by atoms with Gasteiger partial charge < -0.3 is 15.4 Å². The Balaban J connectivity index is 1.65. The predicted octanol–water partition coefficient (Wildman–Crippen LogP) is 1.96. The molecule has 1 unspecified atom stereocenters. The third kappa shape index (κ3) is 2.90. The zero-order valence-corrected chi connectivity index (χ0v) is 13.6. The number of hydrogen-bond donors (Lipinski definition) is 2. The van der Waals surface area contributed by atoms with Gasteiger partial charge in [0.1, 0.15) is 22.9 Å². The van der Waals surface area contributed by atoms with Crippen LogP contribution in [0.2, 0.25) is 0 Å². The van der Waals surface area contributed by atoms with Crippen LogP contribution in [0.4, 0.5) is 5.82 Å². The Bertz CT molecular complexity index is 840. The fourth-order valence-electron chi connectivity index (χ4n) is 3.01. The molecule has 0 radical (unpaired) electrons. The lowest BCUT2D eigenvalue weighted by molar-refractivity contribution is 0.412. The van der Waals surface area contributed by atoms with Crippen molar-refractivity contribution < 1.29 is 4.74 Å². The quantitative estimate of drug-likeness (QED) is 0.764. The topological polar surface area (TPSA) is 76.4 Å². The van der Waals surface area contributed by atoms with E-state index in [1.165, 1.54) is 6.42 Å². The summed E-state index contributed by atoms with van der Waals surface area (Å²) in [4.78, 5) is 13.5. The maximum absolute atomic E-state index is 5.30. The summed E-state index contributed by atoms with van der Waals surface area (Å²) >= 11 is 0. The van der Waals surface area contributed by atoms with Gasteiger partial charge in [-0.05, 0) is 31.5 Å². The third-order valence-corrected chi connectivity index (χ3v) is 4.26. The van der Waals surface area contributed by atoms with E-state index in [2.05, 4.69) is 20.6 Å². The molecule has 3 aromatic heterocycles. The number of nitrogens with one attached hydrogen (secondary N) is 2. The highest BCUT2D eigenvalue weighted by atomic mass is 16.5. The molecule has 1 fully saturated rings. The average Bonchev–Trinajstić information content (AvgIpc) is 3.06. The molecule has 4 heterocycles. The summed E-state index contributed by atoms with van der Waals surface area (Å²) in [5.41, 5.74) is 2.52. The van der Waals surface area contributed by atoms with Crippen LogP contribution >= 0.6 is 0 Å². The SMILES string of the molecule is COc1ccc2ncc(-c3cncc(NC4CCCNC4)n3)n2c1. The second kappa shape index (κ2) is 6.45. The second-order valence-electron chi connectivity index (χ2n) is 5.92. The highest BCUT2D eigenvalue weighted by molar-refractivity contribution is 5.61. The van der Waals surface area contributed by atoms with Gasteiger partial charge in [-0.25, -0.2) is 9.97 Å². The number of imidazole rings is 1. The molecule has 7 heteroatoms. The van der Waals surface area contributed by atoms with E-state index in [0.29, 0.717) is 6.04 Å². The normalized spacial score (nSPS) is 17.8. The highest BCUT2D eigenvalue weighted by Crippen LogP contribution is 2.22. The Labute approximate surface area is 140 Å². The minimum atomic E-state index is 0.394. The van der Waals surface area contributed by atoms with Crippen molar-refractivity contribution in [3.05, 3.63) is 36.9 Å². The largest absolute Gasteiger partial charge is 0.495 e. The first-order valence-electron chi connectivity index (χ1n) is 8.14. The summed E-state index contributed by atoms with van der Waals surface area (Å²) in [7, 11) is 1.65. The molecule has 0 aliphatic carbocycles. The smallest absolute Gasteiger partial charge is 0.145 e. The van der Waals surface area contributed by atoms with Crippen LogP contribution in [-0.2, 0) is 0 Å². The molecule has 2 N–H and O–H groups in total. The molecule has 0 bridgehead atoms. The Morgan fingerprint density at radius 3 is 3.08 bits per heavy atom. The lowest BCUT2D eigenvalue weighted by Gasteiger charge is -2.24. The molecule has 7 nitrogen and oxygen atoms in total. The first-order valence-corrected chi connectivity index (χ1v) is 8.14. The third-order valence-electron chi connectivity index (χ3n) is 4.26. The van der Waals surface area contributed by atoms with Gasteiger partial charge in [-0.1, -0.05) is 0 Å². The molecule has 4 rings (SSSR count). The lowest BCUT2D eigenvalue weighted by Crippen LogP contribution is -2.38. The van der Waals surface area contributed by atoms with Crippen molar-refractivity contribution in [2.75, 3.05) is 25.5 Å². The molecule has 0 spiro atoms. The molecule has 124 valence electrons. The van der Waals surface area contributed by atoms with Crippen LogP contribution in [0.3, 0.4) is 0 Å². The highest BCUT2D eigenvalue weighted by Gasteiger charge is 2.14. The number of pyridine rings is 1. The van der Waals surface area contributed by atoms with Gasteiger partial charge in [0.25, 0.3) is 0 Å². The van der Waals surface area contributed by atoms with Gasteiger partial charge in [0.05, 0.1) is 37.6 Å². The molecule has 0 aromatic carbocycles. The minimum absolute atomic E-state index is 0.394. The van der Waals surface area contributed by atoms with Gasteiger partial charge in [-0.15, -0.1) is 0 Å². The number of aromatic nitrogens is 4. The Morgan fingerprint density at radius 1 is 1.29 bits per heavy atom. The molecular formula is C17H20N6O. The standard InChI is InChI=1S/C17H20N6O/c1-24-13-4-5-17-20-9-15(23(17)11-13)14-8-19-10-16(22-14)21-12-3-2-6-18-7-12/h4-5,8-12,18H,2-3,6-7H2,1H3,(H,21,22). The number of anilines is 1. The summed E-state index contributed by atoms with van der Waals surface area (Å²) < 4.78 is 7.27. The van der Waals surface area contributed by atoms with Crippen molar-refractivity contribution in [2.45, 2.75) is 18.9 Å². The van der Waals surface area contributed by atoms with Crippen LogP contribution < -0.4 is 15.4 Å².